The molecule has 90 valence electrons. The Bertz CT molecular complexity index is 503. The Balaban J connectivity index is 2.04. The fourth-order valence-corrected chi connectivity index (χ4v) is 1.70. The van der Waals surface area contributed by atoms with Gasteiger partial charge in [0.05, 0.1) is 6.20 Å². The van der Waals surface area contributed by atoms with Crippen molar-refractivity contribution in [2.45, 2.75) is 33.9 Å². The van der Waals surface area contributed by atoms with Crippen LogP contribution in [0.1, 0.15) is 23.6 Å². The smallest absolute Gasteiger partial charge is 0.122 e. The average molecular weight is 230 g/mol. The van der Waals surface area contributed by atoms with Crippen LogP contribution in [-0.2, 0) is 13.2 Å². The van der Waals surface area contributed by atoms with E-state index in [1.54, 1.807) is 0 Å². The molecule has 0 saturated carbocycles. The van der Waals surface area contributed by atoms with Crippen molar-refractivity contribution < 1.29 is 4.74 Å². The molecule has 1 aromatic heterocycles. The maximum absolute atomic E-state index is 5.81. The summed E-state index contributed by atoms with van der Waals surface area (Å²) in [6.07, 6.45) is 3.87. The van der Waals surface area contributed by atoms with Crippen LogP contribution in [0.3, 0.4) is 0 Å². The van der Waals surface area contributed by atoms with E-state index in [2.05, 4.69) is 31.9 Å². The summed E-state index contributed by atoms with van der Waals surface area (Å²) in [7, 11) is 0. The van der Waals surface area contributed by atoms with E-state index in [-0.39, 0.29) is 0 Å². The van der Waals surface area contributed by atoms with Gasteiger partial charge in [-0.3, -0.25) is 4.68 Å². The number of hydrogen-bond acceptors (Lipinski definition) is 2. The molecule has 17 heavy (non-hydrogen) atoms. The van der Waals surface area contributed by atoms with E-state index in [9.17, 15) is 0 Å². The van der Waals surface area contributed by atoms with Crippen LogP contribution in [0.2, 0.25) is 0 Å². The molecule has 0 unspecified atom stereocenters. The van der Waals surface area contributed by atoms with Gasteiger partial charge in [0.2, 0.25) is 0 Å². The van der Waals surface area contributed by atoms with Crippen molar-refractivity contribution in [3.8, 4) is 5.75 Å². The molecule has 0 fully saturated rings. The van der Waals surface area contributed by atoms with Gasteiger partial charge in [-0.25, -0.2) is 0 Å². The Hall–Kier alpha value is -1.77. The fraction of sp³-hybridized carbons (Fsp3) is 0.357. The molecule has 3 nitrogen and oxygen atoms in total. The number of hydrogen-bond donors (Lipinski definition) is 0. The summed E-state index contributed by atoms with van der Waals surface area (Å²) in [4.78, 5) is 0. The first-order chi connectivity index (χ1) is 8.20. The zero-order chi connectivity index (χ0) is 12.3. The summed E-state index contributed by atoms with van der Waals surface area (Å²) in [5.41, 5.74) is 3.56. The van der Waals surface area contributed by atoms with Crippen molar-refractivity contribution in [1.29, 1.82) is 0 Å². The molecule has 1 aromatic carbocycles. The second-order valence-electron chi connectivity index (χ2n) is 4.19. The molecule has 0 aliphatic heterocycles. The standard InChI is InChI=1S/C14H18N2O/c1-4-16-9-13(8-15-16)10-17-14-7-5-6-11(2)12(14)3/h5-9H,4,10H2,1-3H3. The Morgan fingerprint density at radius 3 is 2.82 bits per heavy atom. The van der Waals surface area contributed by atoms with Gasteiger partial charge < -0.3 is 4.74 Å². The third-order valence-corrected chi connectivity index (χ3v) is 2.96. The third-order valence-electron chi connectivity index (χ3n) is 2.96. The van der Waals surface area contributed by atoms with Crippen LogP contribution >= 0.6 is 0 Å². The Labute approximate surface area is 102 Å². The van der Waals surface area contributed by atoms with Crippen LogP contribution in [0.5, 0.6) is 5.75 Å². The molecule has 0 spiro atoms. The number of ether oxygens (including phenoxy) is 1. The van der Waals surface area contributed by atoms with E-state index in [0.717, 1.165) is 17.9 Å². The molecule has 2 rings (SSSR count). The normalized spacial score (nSPS) is 10.5. The topological polar surface area (TPSA) is 27.1 Å². The zero-order valence-electron chi connectivity index (χ0n) is 10.6. The summed E-state index contributed by atoms with van der Waals surface area (Å²) < 4.78 is 7.71. The highest BCUT2D eigenvalue weighted by molar-refractivity contribution is 5.38. The van der Waals surface area contributed by atoms with Crippen molar-refractivity contribution in [2.75, 3.05) is 0 Å². The van der Waals surface area contributed by atoms with Gasteiger partial charge in [-0.2, -0.15) is 5.10 Å². The Morgan fingerprint density at radius 2 is 2.12 bits per heavy atom. The van der Waals surface area contributed by atoms with Gasteiger partial charge in [0.15, 0.2) is 0 Å². The summed E-state index contributed by atoms with van der Waals surface area (Å²) in [5.74, 6) is 0.953. The fourth-order valence-electron chi connectivity index (χ4n) is 1.70. The van der Waals surface area contributed by atoms with Gasteiger partial charge in [-0.05, 0) is 38.0 Å². The van der Waals surface area contributed by atoms with Crippen molar-refractivity contribution in [3.05, 3.63) is 47.3 Å². The maximum atomic E-state index is 5.81. The van der Waals surface area contributed by atoms with Gasteiger partial charge in [-0.1, -0.05) is 12.1 Å². The molecular formula is C14H18N2O. The monoisotopic (exact) mass is 230 g/mol. The second kappa shape index (κ2) is 5.04. The highest BCUT2D eigenvalue weighted by atomic mass is 16.5. The molecule has 2 aromatic rings. The third kappa shape index (κ3) is 2.67. The zero-order valence-corrected chi connectivity index (χ0v) is 10.6. The van der Waals surface area contributed by atoms with Crippen molar-refractivity contribution in [3.63, 3.8) is 0 Å². The number of rotatable bonds is 4. The van der Waals surface area contributed by atoms with E-state index in [1.807, 2.05) is 29.2 Å². The van der Waals surface area contributed by atoms with E-state index in [4.69, 9.17) is 4.74 Å². The van der Waals surface area contributed by atoms with Crippen molar-refractivity contribution in [2.24, 2.45) is 0 Å². The van der Waals surface area contributed by atoms with Crippen LogP contribution in [0.4, 0.5) is 0 Å². The molecule has 3 heteroatoms. The van der Waals surface area contributed by atoms with Gasteiger partial charge >= 0.3 is 0 Å². The predicted octanol–water partition coefficient (Wildman–Crippen LogP) is 3.10. The molecule has 1 heterocycles. The molecule has 0 radical (unpaired) electrons. The minimum absolute atomic E-state index is 0.574. The van der Waals surface area contributed by atoms with Gasteiger partial charge in [0, 0.05) is 18.3 Å². The van der Waals surface area contributed by atoms with Crippen molar-refractivity contribution >= 4 is 0 Å². The minimum atomic E-state index is 0.574. The molecule has 0 saturated heterocycles. The molecule has 0 bridgehead atoms. The lowest BCUT2D eigenvalue weighted by Crippen LogP contribution is -1.97. The largest absolute Gasteiger partial charge is 0.489 e. The number of benzene rings is 1. The summed E-state index contributed by atoms with van der Waals surface area (Å²) >= 11 is 0. The Kier molecular flexibility index (Phi) is 3.47. The highest BCUT2D eigenvalue weighted by Crippen LogP contribution is 2.21. The van der Waals surface area contributed by atoms with Crippen LogP contribution in [0.15, 0.2) is 30.6 Å². The van der Waals surface area contributed by atoms with E-state index >= 15 is 0 Å². The predicted molar refractivity (Wildman–Crippen MR) is 68.1 cm³/mol. The average Bonchev–Trinajstić information content (AvgIpc) is 2.79. The number of aryl methyl sites for hydroxylation is 2. The van der Waals surface area contributed by atoms with Gasteiger partial charge in [-0.15, -0.1) is 0 Å². The van der Waals surface area contributed by atoms with E-state index in [1.165, 1.54) is 11.1 Å². The van der Waals surface area contributed by atoms with Gasteiger partial charge in [0.1, 0.15) is 12.4 Å². The lowest BCUT2D eigenvalue weighted by molar-refractivity contribution is 0.303. The molecular weight excluding hydrogens is 212 g/mol. The first kappa shape index (κ1) is 11.7. The SMILES string of the molecule is CCn1cc(COc2cccc(C)c2C)cn1. The first-order valence-corrected chi connectivity index (χ1v) is 5.91. The summed E-state index contributed by atoms with van der Waals surface area (Å²) in [5, 5.41) is 4.22. The molecule has 0 amide bonds. The van der Waals surface area contributed by atoms with Crippen molar-refractivity contribution in [1.82, 2.24) is 9.78 Å². The molecule has 0 atom stereocenters. The van der Waals surface area contributed by atoms with E-state index < -0.39 is 0 Å². The molecule has 0 aliphatic rings. The summed E-state index contributed by atoms with van der Waals surface area (Å²) in [6.45, 7) is 7.72. The van der Waals surface area contributed by atoms with Crippen LogP contribution in [0.25, 0.3) is 0 Å². The Morgan fingerprint density at radius 1 is 1.29 bits per heavy atom. The van der Waals surface area contributed by atoms with Crippen LogP contribution < -0.4 is 4.74 Å². The second-order valence-corrected chi connectivity index (χ2v) is 4.19. The molecule has 0 N–H and O–H groups in total. The lowest BCUT2D eigenvalue weighted by atomic mass is 10.1. The summed E-state index contributed by atoms with van der Waals surface area (Å²) in [6, 6.07) is 6.12. The first-order valence-electron chi connectivity index (χ1n) is 5.91. The van der Waals surface area contributed by atoms with Crippen LogP contribution in [-0.4, -0.2) is 9.78 Å². The minimum Gasteiger partial charge on any atom is -0.489 e. The highest BCUT2D eigenvalue weighted by Gasteiger charge is 2.03. The van der Waals surface area contributed by atoms with Crippen LogP contribution in [0, 0.1) is 13.8 Å². The maximum Gasteiger partial charge on any atom is 0.122 e. The number of nitrogens with zero attached hydrogens (tertiary/aromatic N) is 2. The lowest BCUT2D eigenvalue weighted by Gasteiger charge is -2.09. The quantitative estimate of drug-likeness (QED) is 0.807. The van der Waals surface area contributed by atoms with E-state index in [0.29, 0.717) is 6.61 Å². The number of aromatic nitrogens is 2. The molecule has 0 aliphatic carbocycles. The van der Waals surface area contributed by atoms with Gasteiger partial charge in [0.25, 0.3) is 0 Å².